The molecule has 0 saturated carbocycles. The molecule has 0 fully saturated rings. The number of fused-ring (bicyclic) bond motifs is 1. The van der Waals surface area contributed by atoms with Crippen molar-refractivity contribution < 1.29 is 19.0 Å². The van der Waals surface area contributed by atoms with Crippen molar-refractivity contribution in [2.24, 2.45) is 0 Å². The molecule has 0 spiro atoms. The monoisotopic (exact) mass is 223 g/mol. The lowest BCUT2D eigenvalue weighted by Gasteiger charge is -2.13. The van der Waals surface area contributed by atoms with E-state index in [1.54, 1.807) is 7.11 Å². The van der Waals surface area contributed by atoms with Gasteiger partial charge in [-0.2, -0.15) is 0 Å². The number of methoxy groups -OCH3 is 2. The van der Waals surface area contributed by atoms with Crippen LogP contribution in [0.25, 0.3) is 0 Å². The van der Waals surface area contributed by atoms with E-state index in [-0.39, 0.29) is 6.73 Å². The number of hydrogen-bond donors (Lipinski definition) is 0. The summed E-state index contributed by atoms with van der Waals surface area (Å²) >= 11 is 0. The second-order valence-corrected chi connectivity index (χ2v) is 3.49. The fourth-order valence-electron chi connectivity index (χ4n) is 1.68. The lowest BCUT2D eigenvalue weighted by atomic mass is 10.2. The first-order valence-corrected chi connectivity index (χ1v) is 4.84. The minimum absolute atomic E-state index is 0.155. The van der Waals surface area contributed by atoms with Crippen molar-refractivity contribution >= 4 is 11.8 Å². The summed E-state index contributed by atoms with van der Waals surface area (Å²) in [4.78, 5) is 12.9. The summed E-state index contributed by atoms with van der Waals surface area (Å²) in [5.74, 6) is 1.21. The third kappa shape index (κ3) is 1.54. The minimum atomic E-state index is -0.439. The molecule has 16 heavy (non-hydrogen) atoms. The molecule has 0 atom stereocenters. The van der Waals surface area contributed by atoms with Crippen molar-refractivity contribution in [1.82, 2.24) is 0 Å². The zero-order valence-electron chi connectivity index (χ0n) is 9.44. The van der Waals surface area contributed by atoms with E-state index in [2.05, 4.69) is 4.74 Å². The van der Waals surface area contributed by atoms with E-state index >= 15 is 0 Å². The highest BCUT2D eigenvalue weighted by Gasteiger charge is 2.29. The van der Waals surface area contributed by atoms with Crippen LogP contribution in [0, 0.1) is 6.92 Å². The molecule has 86 valence electrons. The fourth-order valence-corrected chi connectivity index (χ4v) is 1.68. The van der Waals surface area contributed by atoms with Gasteiger partial charge in [0.25, 0.3) is 0 Å². The molecule has 0 N–H and O–H groups in total. The van der Waals surface area contributed by atoms with Gasteiger partial charge < -0.3 is 14.2 Å². The first-order valence-electron chi connectivity index (χ1n) is 4.84. The number of rotatable bonds is 1. The van der Waals surface area contributed by atoms with Gasteiger partial charge in [-0.05, 0) is 24.6 Å². The molecule has 0 aromatic heterocycles. The topological polar surface area (TPSA) is 48.0 Å². The highest BCUT2D eigenvalue weighted by Crippen LogP contribution is 2.42. The predicted octanol–water partition coefficient (Wildman–Crippen LogP) is 1.93. The summed E-state index contributed by atoms with van der Waals surface area (Å²) in [5.41, 5.74) is 1.68. The molecular weight excluding hydrogens is 210 g/mol. The van der Waals surface area contributed by atoms with E-state index in [1.807, 2.05) is 19.1 Å². The lowest BCUT2D eigenvalue weighted by molar-refractivity contribution is 0.174. The fraction of sp³-hybridized carbons (Fsp3) is 0.364. The molecule has 5 heteroatoms. The van der Waals surface area contributed by atoms with Crippen LogP contribution >= 0.6 is 0 Å². The summed E-state index contributed by atoms with van der Waals surface area (Å²) < 4.78 is 15.3. The maximum atomic E-state index is 11.5. The quantitative estimate of drug-likeness (QED) is 0.729. The number of carbonyl (C=O) groups is 1. The summed E-state index contributed by atoms with van der Waals surface area (Å²) in [6, 6.07) is 3.72. The molecule has 0 bridgehead atoms. The van der Waals surface area contributed by atoms with E-state index in [0.29, 0.717) is 17.2 Å². The van der Waals surface area contributed by atoms with Gasteiger partial charge in [0.15, 0.2) is 18.2 Å². The minimum Gasteiger partial charge on any atom is -0.493 e. The molecule has 5 nitrogen and oxygen atoms in total. The summed E-state index contributed by atoms with van der Waals surface area (Å²) in [5, 5.41) is 0. The molecule has 1 aromatic rings. The number of amides is 1. The number of carbonyl (C=O) groups excluding carboxylic acids is 1. The SMILES string of the molecule is COC(=O)N1COc2c(OC)cc(C)cc21. The van der Waals surface area contributed by atoms with E-state index < -0.39 is 6.09 Å². The maximum Gasteiger partial charge on any atom is 0.416 e. The Morgan fingerprint density at radius 3 is 2.81 bits per heavy atom. The van der Waals surface area contributed by atoms with Crippen LogP contribution in [0.15, 0.2) is 12.1 Å². The number of benzene rings is 1. The standard InChI is InChI=1S/C11H13NO4/c1-7-4-8-10(9(5-7)14-2)16-6-12(8)11(13)15-3/h4-5H,6H2,1-3H3. The van der Waals surface area contributed by atoms with Crippen molar-refractivity contribution in [2.45, 2.75) is 6.92 Å². The van der Waals surface area contributed by atoms with Crippen molar-refractivity contribution in [3.63, 3.8) is 0 Å². The second kappa shape index (κ2) is 3.92. The molecule has 0 radical (unpaired) electrons. The van der Waals surface area contributed by atoms with Gasteiger partial charge in [0.05, 0.1) is 19.9 Å². The van der Waals surface area contributed by atoms with E-state index in [9.17, 15) is 4.79 Å². The Balaban J connectivity index is 2.46. The van der Waals surface area contributed by atoms with Gasteiger partial charge in [-0.1, -0.05) is 0 Å². The van der Waals surface area contributed by atoms with Crippen LogP contribution in [0.4, 0.5) is 10.5 Å². The Labute approximate surface area is 93.5 Å². The summed E-state index contributed by atoms with van der Waals surface area (Å²) in [7, 11) is 2.91. The van der Waals surface area contributed by atoms with Crippen LogP contribution in [0.1, 0.15) is 5.56 Å². The number of nitrogens with zero attached hydrogens (tertiary/aromatic N) is 1. The van der Waals surface area contributed by atoms with E-state index in [4.69, 9.17) is 9.47 Å². The first kappa shape index (κ1) is 10.6. The smallest absolute Gasteiger partial charge is 0.416 e. The Morgan fingerprint density at radius 2 is 2.19 bits per heavy atom. The van der Waals surface area contributed by atoms with Crippen LogP contribution in [0.3, 0.4) is 0 Å². The molecule has 0 unspecified atom stereocenters. The predicted molar refractivity (Wildman–Crippen MR) is 58.1 cm³/mol. The van der Waals surface area contributed by atoms with Gasteiger partial charge in [-0.3, -0.25) is 0 Å². The Bertz CT molecular complexity index is 430. The molecule has 1 amide bonds. The third-order valence-electron chi connectivity index (χ3n) is 2.42. The zero-order valence-corrected chi connectivity index (χ0v) is 9.44. The van der Waals surface area contributed by atoms with Gasteiger partial charge >= 0.3 is 6.09 Å². The maximum absolute atomic E-state index is 11.5. The van der Waals surface area contributed by atoms with Crippen LogP contribution < -0.4 is 14.4 Å². The second-order valence-electron chi connectivity index (χ2n) is 3.49. The van der Waals surface area contributed by atoms with Crippen LogP contribution in [-0.4, -0.2) is 27.0 Å². The molecule has 1 aliphatic rings. The Morgan fingerprint density at radius 1 is 1.44 bits per heavy atom. The van der Waals surface area contributed by atoms with Gasteiger partial charge in [0.2, 0.25) is 0 Å². The Hall–Kier alpha value is -1.91. The molecule has 1 heterocycles. The summed E-state index contributed by atoms with van der Waals surface area (Å²) in [6.07, 6.45) is -0.439. The van der Waals surface area contributed by atoms with Crippen molar-refractivity contribution in [2.75, 3.05) is 25.9 Å². The number of ether oxygens (including phenoxy) is 3. The molecular formula is C11H13NO4. The van der Waals surface area contributed by atoms with Gasteiger partial charge in [-0.15, -0.1) is 0 Å². The third-order valence-corrected chi connectivity index (χ3v) is 2.42. The normalized spacial score (nSPS) is 13.1. The highest BCUT2D eigenvalue weighted by molar-refractivity contribution is 5.92. The molecule has 1 aromatic carbocycles. The van der Waals surface area contributed by atoms with E-state index in [0.717, 1.165) is 5.56 Å². The summed E-state index contributed by atoms with van der Waals surface area (Å²) in [6.45, 7) is 2.08. The Kier molecular flexibility index (Phi) is 2.60. The largest absolute Gasteiger partial charge is 0.493 e. The molecule has 0 saturated heterocycles. The molecule has 0 aliphatic carbocycles. The first-order chi connectivity index (χ1) is 7.67. The number of aryl methyl sites for hydroxylation is 1. The van der Waals surface area contributed by atoms with Gasteiger partial charge in [0.1, 0.15) is 0 Å². The highest BCUT2D eigenvalue weighted by atomic mass is 16.6. The van der Waals surface area contributed by atoms with Crippen molar-refractivity contribution in [3.05, 3.63) is 17.7 Å². The van der Waals surface area contributed by atoms with Gasteiger partial charge in [0, 0.05) is 0 Å². The molecule has 2 rings (SSSR count). The number of hydrogen-bond acceptors (Lipinski definition) is 4. The zero-order chi connectivity index (χ0) is 11.7. The van der Waals surface area contributed by atoms with Crippen LogP contribution in [-0.2, 0) is 4.74 Å². The number of anilines is 1. The average molecular weight is 223 g/mol. The van der Waals surface area contributed by atoms with E-state index in [1.165, 1.54) is 12.0 Å². The van der Waals surface area contributed by atoms with Crippen molar-refractivity contribution in [1.29, 1.82) is 0 Å². The lowest BCUT2D eigenvalue weighted by Crippen LogP contribution is -2.29. The van der Waals surface area contributed by atoms with Crippen LogP contribution in [0.5, 0.6) is 11.5 Å². The van der Waals surface area contributed by atoms with Crippen LogP contribution in [0.2, 0.25) is 0 Å². The average Bonchev–Trinajstić information content (AvgIpc) is 2.70. The van der Waals surface area contributed by atoms with Gasteiger partial charge in [-0.25, -0.2) is 9.69 Å². The van der Waals surface area contributed by atoms with Crippen molar-refractivity contribution in [3.8, 4) is 11.5 Å². The molecule has 1 aliphatic heterocycles.